The molecule has 0 radical (unpaired) electrons. The number of fused-ring (bicyclic) bond motifs is 5. The van der Waals surface area contributed by atoms with Crippen molar-refractivity contribution in [3.8, 4) is 0 Å². The van der Waals surface area contributed by atoms with E-state index in [0.29, 0.717) is 22.7 Å². The molecule has 0 aliphatic heterocycles. The zero-order chi connectivity index (χ0) is 22.8. The van der Waals surface area contributed by atoms with Gasteiger partial charge in [0.1, 0.15) is 0 Å². The van der Waals surface area contributed by atoms with Crippen LogP contribution in [0.25, 0.3) is 0 Å². The summed E-state index contributed by atoms with van der Waals surface area (Å²) < 4.78 is 0. The average molecular weight is 424 g/mol. The molecule has 1 nitrogen and oxygen atoms in total. The van der Waals surface area contributed by atoms with Crippen molar-refractivity contribution in [1.29, 1.82) is 0 Å². The summed E-state index contributed by atoms with van der Waals surface area (Å²) in [4.78, 5) is 0. The van der Waals surface area contributed by atoms with Crippen LogP contribution in [-0.2, 0) is 0 Å². The molecule has 0 spiro atoms. The van der Waals surface area contributed by atoms with E-state index in [1.807, 2.05) is 0 Å². The molecule has 31 heavy (non-hydrogen) atoms. The van der Waals surface area contributed by atoms with Crippen molar-refractivity contribution >= 4 is 0 Å². The molecule has 0 saturated heterocycles. The lowest BCUT2D eigenvalue weighted by molar-refractivity contribution is -0.0276. The second-order valence-corrected chi connectivity index (χ2v) is 13.4. The molecular weight excluding hydrogens is 374 g/mol. The molecule has 0 aromatic heterocycles. The van der Waals surface area contributed by atoms with Gasteiger partial charge >= 0.3 is 0 Å². The fraction of sp³-hybridized carbons (Fsp3) is 0.800. The van der Waals surface area contributed by atoms with E-state index in [1.54, 1.807) is 11.1 Å². The van der Waals surface area contributed by atoms with E-state index in [1.165, 1.54) is 50.5 Å². The lowest BCUT2D eigenvalue weighted by atomic mass is 9.41. The first-order valence-electron chi connectivity index (χ1n) is 13.2. The second-order valence-electron chi connectivity index (χ2n) is 13.4. The van der Waals surface area contributed by atoms with Gasteiger partial charge in [-0.1, -0.05) is 79.2 Å². The van der Waals surface area contributed by atoms with Gasteiger partial charge in [0.25, 0.3) is 0 Å². The van der Waals surface area contributed by atoms with E-state index < -0.39 is 0 Å². The van der Waals surface area contributed by atoms with Crippen molar-refractivity contribution in [1.82, 2.24) is 0 Å². The van der Waals surface area contributed by atoms with Crippen LogP contribution in [0.2, 0.25) is 0 Å². The van der Waals surface area contributed by atoms with Crippen LogP contribution < -0.4 is 5.73 Å². The highest BCUT2D eigenvalue weighted by Gasteiger charge is 2.60. The van der Waals surface area contributed by atoms with Crippen LogP contribution >= 0.6 is 0 Å². The van der Waals surface area contributed by atoms with Crippen LogP contribution in [0.5, 0.6) is 0 Å². The highest BCUT2D eigenvalue weighted by molar-refractivity contribution is 5.49. The molecule has 2 saturated carbocycles. The van der Waals surface area contributed by atoms with E-state index in [4.69, 9.17) is 5.73 Å². The first-order valence-corrected chi connectivity index (χ1v) is 13.2. The monoisotopic (exact) mass is 423 g/mol. The molecule has 6 atom stereocenters. The predicted molar refractivity (Wildman–Crippen MR) is 135 cm³/mol. The summed E-state index contributed by atoms with van der Waals surface area (Å²) in [6.07, 6.45) is 16.8. The van der Waals surface area contributed by atoms with Crippen molar-refractivity contribution in [2.75, 3.05) is 0 Å². The molecule has 0 bridgehead atoms. The molecule has 4 rings (SSSR count). The predicted octanol–water partition coefficient (Wildman–Crippen LogP) is 8.22. The van der Waals surface area contributed by atoms with Crippen LogP contribution in [-0.4, -0.2) is 6.04 Å². The summed E-state index contributed by atoms with van der Waals surface area (Å²) in [5.74, 6) is 2.00. The molecule has 6 unspecified atom stereocenters. The van der Waals surface area contributed by atoms with Crippen LogP contribution in [0.3, 0.4) is 0 Å². The van der Waals surface area contributed by atoms with Crippen molar-refractivity contribution < 1.29 is 0 Å². The summed E-state index contributed by atoms with van der Waals surface area (Å²) in [6.45, 7) is 21.6. The normalized spacial score (nSPS) is 44.0. The van der Waals surface area contributed by atoms with Gasteiger partial charge in [-0.2, -0.15) is 0 Å². The molecule has 1 heteroatoms. The van der Waals surface area contributed by atoms with Crippen LogP contribution in [0.1, 0.15) is 106 Å². The molecule has 0 aromatic carbocycles. The van der Waals surface area contributed by atoms with E-state index in [9.17, 15) is 0 Å². The van der Waals surface area contributed by atoms with Crippen molar-refractivity contribution in [3.63, 3.8) is 0 Å². The van der Waals surface area contributed by atoms with Gasteiger partial charge in [-0.15, -0.1) is 0 Å². The summed E-state index contributed by atoms with van der Waals surface area (Å²) in [7, 11) is 0. The minimum absolute atomic E-state index is 0.164. The van der Waals surface area contributed by atoms with Gasteiger partial charge < -0.3 is 5.73 Å². The smallest absolute Gasteiger partial charge is 0.0133 e. The van der Waals surface area contributed by atoms with E-state index in [0.717, 1.165) is 18.8 Å². The topological polar surface area (TPSA) is 26.0 Å². The maximum absolute atomic E-state index is 7.16. The summed E-state index contributed by atoms with van der Waals surface area (Å²) in [5.41, 5.74) is 13.1. The largest absolute Gasteiger partial charge is 0.327 e. The highest BCUT2D eigenvalue weighted by Crippen LogP contribution is 2.68. The van der Waals surface area contributed by atoms with Gasteiger partial charge in [0.15, 0.2) is 0 Å². The zero-order valence-corrected chi connectivity index (χ0v) is 21.6. The van der Waals surface area contributed by atoms with Crippen LogP contribution in [0, 0.1) is 39.4 Å². The minimum Gasteiger partial charge on any atom is -0.327 e. The minimum atomic E-state index is 0.164. The quantitative estimate of drug-likeness (QED) is 0.453. The molecule has 2 fully saturated rings. The number of rotatable bonds is 4. The van der Waals surface area contributed by atoms with Crippen molar-refractivity contribution in [3.05, 3.63) is 35.5 Å². The van der Waals surface area contributed by atoms with E-state index in [2.05, 4.69) is 67.2 Å². The number of nitrogens with two attached hydrogens (primary N) is 1. The standard InChI is InChI=1S/C30H49N/c1-20(2)21(3)10-11-22-14-18-29(7)24-12-13-25-27(4,5)16-9-17-28(25,6)23(24)15-19-30(29,8)26(22)31/h12,15,20,22,25-26H,3,9-11,13-14,16-19,31H2,1-2,4-8H3. The Bertz CT molecular complexity index is 797. The van der Waals surface area contributed by atoms with Crippen LogP contribution in [0.4, 0.5) is 0 Å². The van der Waals surface area contributed by atoms with Gasteiger partial charge in [-0.05, 0) is 102 Å². The Balaban J connectivity index is 1.64. The van der Waals surface area contributed by atoms with Gasteiger partial charge in [-0.3, -0.25) is 0 Å². The third kappa shape index (κ3) is 3.35. The molecule has 0 amide bonds. The molecule has 4 aliphatic rings. The van der Waals surface area contributed by atoms with Crippen molar-refractivity contribution in [2.24, 2.45) is 45.1 Å². The molecule has 2 N–H and O–H groups in total. The van der Waals surface area contributed by atoms with Gasteiger partial charge in [0, 0.05) is 6.04 Å². The molecule has 0 heterocycles. The average Bonchev–Trinajstić information content (AvgIpc) is 2.68. The van der Waals surface area contributed by atoms with Gasteiger partial charge in [0.2, 0.25) is 0 Å². The highest BCUT2D eigenvalue weighted by atomic mass is 14.8. The lowest BCUT2D eigenvalue weighted by Crippen LogP contribution is -2.60. The van der Waals surface area contributed by atoms with Crippen molar-refractivity contribution in [2.45, 2.75) is 112 Å². The molecule has 4 aliphatic carbocycles. The first-order chi connectivity index (χ1) is 14.4. The fourth-order valence-electron chi connectivity index (χ4n) is 8.47. The lowest BCUT2D eigenvalue weighted by Gasteiger charge is -2.64. The maximum atomic E-state index is 7.16. The van der Waals surface area contributed by atoms with Gasteiger partial charge in [0.05, 0.1) is 0 Å². The Morgan fingerprint density at radius 3 is 2.45 bits per heavy atom. The Labute approximate surface area is 193 Å². The first kappa shape index (κ1) is 23.3. The van der Waals surface area contributed by atoms with Gasteiger partial charge in [-0.25, -0.2) is 0 Å². The Morgan fingerprint density at radius 1 is 1.06 bits per heavy atom. The molecular formula is C30H49N. The Kier molecular flexibility index (Phi) is 5.73. The third-order valence-electron chi connectivity index (χ3n) is 11.2. The summed E-state index contributed by atoms with van der Waals surface area (Å²) >= 11 is 0. The SMILES string of the molecule is C=C(CCC1CCC2(C)C3=CCC4C(C)(C)CCCC4(C)C3=CCC2(C)C1N)C(C)C. The molecule has 174 valence electrons. The maximum Gasteiger partial charge on any atom is 0.0133 e. The summed E-state index contributed by atoms with van der Waals surface area (Å²) in [6, 6.07) is 0.276. The second kappa shape index (κ2) is 7.61. The third-order valence-corrected chi connectivity index (χ3v) is 11.2. The van der Waals surface area contributed by atoms with E-state index >= 15 is 0 Å². The van der Waals surface area contributed by atoms with E-state index in [-0.39, 0.29) is 16.9 Å². The fourth-order valence-corrected chi connectivity index (χ4v) is 8.47. The number of hydrogen-bond acceptors (Lipinski definition) is 1. The molecule has 0 aromatic rings. The summed E-state index contributed by atoms with van der Waals surface area (Å²) in [5, 5.41) is 0. The Morgan fingerprint density at radius 2 is 1.77 bits per heavy atom. The number of hydrogen-bond donors (Lipinski definition) is 1. The zero-order valence-electron chi connectivity index (χ0n) is 21.6. The number of allylic oxidation sites excluding steroid dienone is 5. The van der Waals surface area contributed by atoms with Crippen LogP contribution in [0.15, 0.2) is 35.5 Å². The Hall–Kier alpha value is -0.820.